The Morgan fingerprint density at radius 2 is 2.23 bits per heavy atom. The van der Waals surface area contributed by atoms with Gasteiger partial charge in [0.05, 0.1) is 16.1 Å². The zero-order chi connectivity index (χ0) is 16.4. The summed E-state index contributed by atoms with van der Waals surface area (Å²) in [6.45, 7) is 5.25. The van der Waals surface area contributed by atoms with Crippen molar-refractivity contribution in [1.82, 2.24) is 9.55 Å². The van der Waals surface area contributed by atoms with Crippen LogP contribution in [0.25, 0.3) is 16.6 Å². The molecule has 6 nitrogen and oxygen atoms in total. The number of aryl methyl sites for hydroxylation is 1. The fourth-order valence-electron chi connectivity index (χ4n) is 2.31. The van der Waals surface area contributed by atoms with Crippen LogP contribution in [-0.2, 0) is 4.84 Å². The van der Waals surface area contributed by atoms with E-state index in [9.17, 15) is 9.90 Å². The van der Waals surface area contributed by atoms with Gasteiger partial charge in [0.25, 0.3) is 5.56 Å². The Kier molecular flexibility index (Phi) is 4.51. The standard InChI is InChI=1S/C15H16ClN3O3/c1-5-11(9(3)18-22-4)19-7-17-13-12(15(19)21)8(2)6-10(16)14(13)20/h5-7,20H,1-4H3/b11-5-,18-9-. The molecular formula is C15H16ClN3O3. The summed E-state index contributed by atoms with van der Waals surface area (Å²) in [5.74, 6) is -0.198. The maximum Gasteiger partial charge on any atom is 0.266 e. The van der Waals surface area contributed by atoms with Gasteiger partial charge in [-0.25, -0.2) is 4.98 Å². The third-order valence-electron chi connectivity index (χ3n) is 3.29. The molecule has 0 radical (unpaired) electrons. The number of nitrogens with zero attached hydrogens (tertiary/aromatic N) is 3. The van der Waals surface area contributed by atoms with Crippen molar-refractivity contribution in [3.8, 4) is 5.75 Å². The number of rotatable bonds is 3. The topological polar surface area (TPSA) is 76.7 Å². The molecule has 0 fully saturated rings. The van der Waals surface area contributed by atoms with Gasteiger partial charge in [-0.3, -0.25) is 9.36 Å². The zero-order valence-corrected chi connectivity index (χ0v) is 13.5. The molecule has 0 spiro atoms. The van der Waals surface area contributed by atoms with E-state index in [0.29, 0.717) is 22.4 Å². The summed E-state index contributed by atoms with van der Waals surface area (Å²) in [6.07, 6.45) is 3.07. The van der Waals surface area contributed by atoms with Crippen molar-refractivity contribution in [3.63, 3.8) is 0 Å². The van der Waals surface area contributed by atoms with Crippen molar-refractivity contribution in [1.29, 1.82) is 0 Å². The molecule has 1 heterocycles. The maximum absolute atomic E-state index is 12.8. The van der Waals surface area contributed by atoms with Crippen LogP contribution in [0.2, 0.25) is 5.02 Å². The molecule has 0 aliphatic heterocycles. The van der Waals surface area contributed by atoms with E-state index in [2.05, 4.69) is 10.1 Å². The van der Waals surface area contributed by atoms with Crippen molar-refractivity contribution in [2.24, 2.45) is 5.16 Å². The van der Waals surface area contributed by atoms with Gasteiger partial charge in [0.1, 0.15) is 24.7 Å². The van der Waals surface area contributed by atoms with Crippen LogP contribution in [0.5, 0.6) is 5.75 Å². The average molecular weight is 322 g/mol. The number of hydrogen-bond acceptors (Lipinski definition) is 5. The molecule has 0 bridgehead atoms. The summed E-state index contributed by atoms with van der Waals surface area (Å²) < 4.78 is 1.36. The van der Waals surface area contributed by atoms with Gasteiger partial charge in [-0.1, -0.05) is 22.8 Å². The number of phenolic OH excluding ortho intramolecular Hbond substituents is 1. The number of hydrogen-bond donors (Lipinski definition) is 1. The van der Waals surface area contributed by atoms with Crippen LogP contribution < -0.4 is 5.56 Å². The van der Waals surface area contributed by atoms with E-state index in [-0.39, 0.29) is 21.8 Å². The molecule has 0 saturated carbocycles. The first-order chi connectivity index (χ1) is 10.4. The lowest BCUT2D eigenvalue weighted by Gasteiger charge is -2.12. The highest BCUT2D eigenvalue weighted by atomic mass is 35.5. The van der Waals surface area contributed by atoms with E-state index in [0.717, 1.165) is 0 Å². The molecule has 2 rings (SSSR count). The van der Waals surface area contributed by atoms with Crippen molar-refractivity contribution < 1.29 is 9.94 Å². The highest BCUT2D eigenvalue weighted by Gasteiger charge is 2.16. The summed E-state index contributed by atoms with van der Waals surface area (Å²) in [6, 6.07) is 1.54. The fraction of sp³-hybridized carbons (Fsp3) is 0.267. The second-order valence-corrected chi connectivity index (χ2v) is 5.11. The normalized spacial score (nSPS) is 12.8. The lowest BCUT2D eigenvalue weighted by Crippen LogP contribution is -2.23. The summed E-state index contributed by atoms with van der Waals surface area (Å²) >= 11 is 5.92. The molecule has 1 aromatic carbocycles. The Bertz CT molecular complexity index is 853. The highest BCUT2D eigenvalue weighted by Crippen LogP contribution is 2.31. The first kappa shape index (κ1) is 16.0. The highest BCUT2D eigenvalue weighted by molar-refractivity contribution is 6.33. The first-order valence-corrected chi connectivity index (χ1v) is 6.94. The van der Waals surface area contributed by atoms with Crippen molar-refractivity contribution in [2.45, 2.75) is 20.8 Å². The Labute approximate surface area is 132 Å². The van der Waals surface area contributed by atoms with Gasteiger partial charge in [-0.05, 0) is 32.4 Å². The number of benzene rings is 1. The van der Waals surface area contributed by atoms with Gasteiger partial charge < -0.3 is 9.94 Å². The lowest BCUT2D eigenvalue weighted by molar-refractivity contribution is 0.213. The molecular weight excluding hydrogens is 306 g/mol. The van der Waals surface area contributed by atoms with Crippen LogP contribution in [0.15, 0.2) is 28.4 Å². The predicted octanol–water partition coefficient (Wildman–Crippen LogP) is 2.95. The number of fused-ring (bicyclic) bond motifs is 1. The van der Waals surface area contributed by atoms with E-state index in [1.54, 1.807) is 26.8 Å². The Morgan fingerprint density at radius 1 is 1.55 bits per heavy atom. The molecule has 7 heteroatoms. The number of aromatic nitrogens is 2. The minimum Gasteiger partial charge on any atom is -0.504 e. The quantitative estimate of drug-likeness (QED) is 0.696. The third-order valence-corrected chi connectivity index (χ3v) is 3.58. The molecule has 116 valence electrons. The van der Waals surface area contributed by atoms with Crippen LogP contribution in [-0.4, -0.2) is 27.5 Å². The van der Waals surface area contributed by atoms with Crippen LogP contribution in [0.3, 0.4) is 0 Å². The van der Waals surface area contributed by atoms with Crippen LogP contribution in [0.1, 0.15) is 19.4 Å². The number of allylic oxidation sites excluding steroid dienone is 2. The van der Waals surface area contributed by atoms with Crippen LogP contribution in [0.4, 0.5) is 0 Å². The summed E-state index contributed by atoms with van der Waals surface area (Å²) in [7, 11) is 1.43. The van der Waals surface area contributed by atoms with E-state index in [4.69, 9.17) is 16.4 Å². The summed E-state index contributed by atoms with van der Waals surface area (Å²) in [4.78, 5) is 21.7. The van der Waals surface area contributed by atoms with Crippen molar-refractivity contribution in [3.05, 3.63) is 39.4 Å². The Hall–Kier alpha value is -2.34. The molecule has 0 unspecified atom stereocenters. The molecule has 2 aromatic rings. The molecule has 1 N–H and O–H groups in total. The molecule has 22 heavy (non-hydrogen) atoms. The molecule has 1 aromatic heterocycles. The van der Waals surface area contributed by atoms with Gasteiger partial charge in [-0.2, -0.15) is 0 Å². The third kappa shape index (κ3) is 2.57. The summed E-state index contributed by atoms with van der Waals surface area (Å²) in [5.41, 5.74) is 1.59. The largest absolute Gasteiger partial charge is 0.504 e. The number of aromatic hydroxyl groups is 1. The van der Waals surface area contributed by atoms with Gasteiger partial charge in [-0.15, -0.1) is 0 Å². The number of phenols is 1. The van der Waals surface area contributed by atoms with E-state index >= 15 is 0 Å². The first-order valence-electron chi connectivity index (χ1n) is 6.56. The molecule has 0 aliphatic carbocycles. The van der Waals surface area contributed by atoms with Gasteiger partial charge in [0, 0.05) is 0 Å². The molecule has 0 aliphatic rings. The monoisotopic (exact) mass is 321 g/mol. The number of oxime groups is 1. The van der Waals surface area contributed by atoms with Crippen molar-refractivity contribution in [2.75, 3.05) is 7.11 Å². The average Bonchev–Trinajstić information content (AvgIpc) is 2.47. The lowest BCUT2D eigenvalue weighted by atomic mass is 10.1. The van der Waals surface area contributed by atoms with Crippen LogP contribution in [0, 0.1) is 6.92 Å². The minimum absolute atomic E-state index is 0.165. The van der Waals surface area contributed by atoms with E-state index < -0.39 is 0 Å². The molecule has 0 amide bonds. The van der Waals surface area contributed by atoms with Gasteiger partial charge >= 0.3 is 0 Å². The zero-order valence-electron chi connectivity index (χ0n) is 12.7. The van der Waals surface area contributed by atoms with E-state index in [1.807, 2.05) is 0 Å². The fourth-order valence-corrected chi connectivity index (χ4v) is 2.56. The smallest absolute Gasteiger partial charge is 0.266 e. The molecule has 0 atom stereocenters. The van der Waals surface area contributed by atoms with Gasteiger partial charge in [0.15, 0.2) is 5.75 Å². The Morgan fingerprint density at radius 3 is 2.82 bits per heavy atom. The number of halogens is 1. The SMILES string of the molecule is C/C=C(/C(C)=N\OC)n1cnc2c(O)c(Cl)cc(C)c2c1=O. The summed E-state index contributed by atoms with van der Waals surface area (Å²) in [5, 5.41) is 14.3. The minimum atomic E-state index is -0.312. The van der Waals surface area contributed by atoms with E-state index in [1.165, 1.54) is 24.1 Å². The Balaban J connectivity index is 2.82. The van der Waals surface area contributed by atoms with Crippen LogP contribution >= 0.6 is 11.6 Å². The maximum atomic E-state index is 12.8. The van der Waals surface area contributed by atoms with Crippen molar-refractivity contribution >= 4 is 33.9 Å². The van der Waals surface area contributed by atoms with Gasteiger partial charge in [0.2, 0.25) is 0 Å². The molecule has 0 saturated heterocycles. The second kappa shape index (κ2) is 6.19. The predicted molar refractivity (Wildman–Crippen MR) is 87.5 cm³/mol. The second-order valence-electron chi connectivity index (χ2n) is 4.70.